The number of hydrogen-bond donors (Lipinski definition) is 2. The lowest BCUT2D eigenvalue weighted by Gasteiger charge is -2.33. The van der Waals surface area contributed by atoms with Crippen molar-refractivity contribution in [2.24, 2.45) is 13.0 Å². The fourth-order valence-corrected chi connectivity index (χ4v) is 2.30. The van der Waals surface area contributed by atoms with E-state index >= 15 is 0 Å². The van der Waals surface area contributed by atoms with Crippen LogP contribution in [0.3, 0.4) is 0 Å². The molecule has 21 heavy (non-hydrogen) atoms. The molecule has 0 aliphatic rings. The van der Waals surface area contributed by atoms with Crippen LogP contribution in [-0.2, 0) is 23.1 Å². The highest BCUT2D eigenvalue weighted by atomic mass is 16.4. The van der Waals surface area contributed by atoms with E-state index in [-0.39, 0.29) is 24.7 Å². The number of carboxylic acid groups (broad SMARTS) is 1. The molecule has 0 spiro atoms. The number of rotatable bonds is 6. The normalized spacial score (nSPS) is 14.0. The Hall–Kier alpha value is -1.85. The Kier molecular flexibility index (Phi) is 5.15. The van der Waals surface area contributed by atoms with Crippen molar-refractivity contribution in [3.63, 3.8) is 0 Å². The Bertz CT molecular complexity index is 549. The van der Waals surface area contributed by atoms with Gasteiger partial charge in [-0.25, -0.2) is 0 Å². The first-order valence-corrected chi connectivity index (χ1v) is 7.08. The van der Waals surface area contributed by atoms with Gasteiger partial charge in [0.25, 0.3) is 0 Å². The predicted octanol–water partition coefficient (Wildman–Crippen LogP) is 1.59. The third-order valence-electron chi connectivity index (χ3n) is 4.21. The minimum atomic E-state index is -0.916. The largest absolute Gasteiger partial charge is 0.481 e. The van der Waals surface area contributed by atoms with E-state index in [1.807, 2.05) is 34.7 Å². The zero-order chi connectivity index (χ0) is 16.4. The van der Waals surface area contributed by atoms with Crippen molar-refractivity contribution in [1.82, 2.24) is 15.1 Å². The van der Waals surface area contributed by atoms with E-state index in [2.05, 4.69) is 10.4 Å². The number of hydrogen-bond acceptors (Lipinski definition) is 3. The number of amides is 1. The molecule has 0 radical (unpaired) electrons. The first kappa shape index (κ1) is 17.2. The minimum absolute atomic E-state index is 0.0219. The van der Waals surface area contributed by atoms with Crippen LogP contribution in [0.2, 0.25) is 0 Å². The zero-order valence-electron chi connectivity index (χ0n) is 13.6. The van der Waals surface area contributed by atoms with Crippen LogP contribution in [0.1, 0.15) is 44.1 Å². The molecule has 0 aromatic carbocycles. The van der Waals surface area contributed by atoms with Gasteiger partial charge in [-0.1, -0.05) is 13.8 Å². The molecule has 2 N–H and O–H groups in total. The third kappa shape index (κ3) is 4.06. The standard InChI is InChI=1S/C15H25N3O3/c1-9(2)15(5,8-14(20)21)16-13(19)7-12-10(3)17-18(6)11(12)4/h9H,7-8H2,1-6H3,(H,16,19)(H,20,21). The van der Waals surface area contributed by atoms with Gasteiger partial charge in [0.15, 0.2) is 0 Å². The summed E-state index contributed by atoms with van der Waals surface area (Å²) in [5, 5.41) is 16.2. The van der Waals surface area contributed by atoms with Gasteiger partial charge in [-0.3, -0.25) is 14.3 Å². The van der Waals surface area contributed by atoms with Crippen molar-refractivity contribution in [3.8, 4) is 0 Å². The second-order valence-corrected chi connectivity index (χ2v) is 6.14. The highest BCUT2D eigenvalue weighted by Crippen LogP contribution is 2.21. The van der Waals surface area contributed by atoms with Crippen molar-refractivity contribution >= 4 is 11.9 Å². The summed E-state index contributed by atoms with van der Waals surface area (Å²) in [6.45, 7) is 9.37. The fraction of sp³-hybridized carbons (Fsp3) is 0.667. The van der Waals surface area contributed by atoms with E-state index in [1.54, 1.807) is 11.6 Å². The molecule has 0 saturated heterocycles. The number of carboxylic acids is 1. The number of aryl methyl sites for hydroxylation is 2. The molecule has 6 nitrogen and oxygen atoms in total. The van der Waals surface area contributed by atoms with Gasteiger partial charge in [0.2, 0.25) is 5.91 Å². The summed E-state index contributed by atoms with van der Waals surface area (Å²) in [6, 6.07) is 0. The number of aromatic nitrogens is 2. The first-order chi connectivity index (χ1) is 9.56. The SMILES string of the molecule is Cc1nn(C)c(C)c1CC(=O)NC(C)(CC(=O)O)C(C)C. The van der Waals surface area contributed by atoms with Gasteiger partial charge in [-0.15, -0.1) is 0 Å². The number of carbonyl (C=O) groups excluding carboxylic acids is 1. The molecule has 0 fully saturated rings. The molecule has 1 aromatic heterocycles. The minimum Gasteiger partial charge on any atom is -0.481 e. The second kappa shape index (κ2) is 6.28. The Morgan fingerprint density at radius 2 is 1.95 bits per heavy atom. The summed E-state index contributed by atoms with van der Waals surface area (Å²) >= 11 is 0. The van der Waals surface area contributed by atoms with Gasteiger partial charge in [0.05, 0.1) is 18.5 Å². The molecule has 1 atom stereocenters. The van der Waals surface area contributed by atoms with Crippen LogP contribution in [0.5, 0.6) is 0 Å². The summed E-state index contributed by atoms with van der Waals surface area (Å²) in [4.78, 5) is 23.3. The highest BCUT2D eigenvalue weighted by Gasteiger charge is 2.33. The summed E-state index contributed by atoms with van der Waals surface area (Å²) in [7, 11) is 1.84. The highest BCUT2D eigenvalue weighted by molar-refractivity contribution is 5.81. The van der Waals surface area contributed by atoms with Crippen LogP contribution >= 0.6 is 0 Å². The molecular weight excluding hydrogens is 270 g/mol. The average molecular weight is 295 g/mol. The molecule has 1 aromatic rings. The molecule has 0 bridgehead atoms. The molecule has 1 unspecified atom stereocenters. The van der Waals surface area contributed by atoms with Gasteiger partial charge < -0.3 is 10.4 Å². The van der Waals surface area contributed by atoms with Crippen LogP contribution in [0.4, 0.5) is 0 Å². The maximum absolute atomic E-state index is 12.3. The van der Waals surface area contributed by atoms with E-state index in [1.165, 1.54) is 0 Å². The Morgan fingerprint density at radius 1 is 1.38 bits per heavy atom. The van der Waals surface area contributed by atoms with E-state index in [0.717, 1.165) is 17.0 Å². The quantitative estimate of drug-likeness (QED) is 0.834. The first-order valence-electron chi connectivity index (χ1n) is 7.08. The molecule has 118 valence electrons. The third-order valence-corrected chi connectivity index (χ3v) is 4.21. The molecule has 0 aliphatic heterocycles. The molecule has 1 rings (SSSR count). The summed E-state index contributed by atoms with van der Waals surface area (Å²) in [5.41, 5.74) is 1.92. The Morgan fingerprint density at radius 3 is 2.33 bits per heavy atom. The Labute approximate surface area is 125 Å². The lowest BCUT2D eigenvalue weighted by molar-refractivity contribution is -0.139. The van der Waals surface area contributed by atoms with Crippen LogP contribution in [-0.4, -0.2) is 32.3 Å². The number of carbonyl (C=O) groups is 2. The van der Waals surface area contributed by atoms with Crippen molar-refractivity contribution in [2.75, 3.05) is 0 Å². The van der Waals surface area contributed by atoms with Gasteiger partial charge in [0, 0.05) is 23.8 Å². The molecule has 0 saturated carbocycles. The molecular formula is C15H25N3O3. The van der Waals surface area contributed by atoms with E-state index in [0.29, 0.717) is 0 Å². The average Bonchev–Trinajstić information content (AvgIpc) is 2.54. The van der Waals surface area contributed by atoms with Gasteiger partial charge in [0.1, 0.15) is 0 Å². The maximum Gasteiger partial charge on any atom is 0.305 e. The van der Waals surface area contributed by atoms with Crippen LogP contribution < -0.4 is 5.32 Å². The van der Waals surface area contributed by atoms with Crippen molar-refractivity contribution in [2.45, 2.75) is 53.0 Å². The summed E-state index contributed by atoms with van der Waals surface area (Å²) in [6.07, 6.45) is 0.120. The van der Waals surface area contributed by atoms with E-state index in [4.69, 9.17) is 5.11 Å². The summed E-state index contributed by atoms with van der Waals surface area (Å²) in [5.74, 6) is -1.07. The Balaban J connectivity index is 2.86. The second-order valence-electron chi connectivity index (χ2n) is 6.14. The summed E-state index contributed by atoms with van der Waals surface area (Å²) < 4.78 is 1.75. The number of nitrogens with zero attached hydrogens (tertiary/aromatic N) is 2. The van der Waals surface area contributed by atoms with Crippen molar-refractivity contribution in [1.29, 1.82) is 0 Å². The molecule has 1 heterocycles. The number of aliphatic carboxylic acids is 1. The molecule has 6 heteroatoms. The lowest BCUT2D eigenvalue weighted by atomic mass is 9.85. The number of nitrogens with one attached hydrogen (secondary N) is 1. The van der Waals surface area contributed by atoms with Crippen LogP contribution in [0, 0.1) is 19.8 Å². The maximum atomic E-state index is 12.3. The predicted molar refractivity (Wildman–Crippen MR) is 80.0 cm³/mol. The van der Waals surface area contributed by atoms with Crippen molar-refractivity contribution < 1.29 is 14.7 Å². The smallest absolute Gasteiger partial charge is 0.305 e. The van der Waals surface area contributed by atoms with Crippen LogP contribution in [0.15, 0.2) is 0 Å². The monoisotopic (exact) mass is 295 g/mol. The molecule has 1 amide bonds. The van der Waals surface area contributed by atoms with E-state index < -0.39 is 11.5 Å². The van der Waals surface area contributed by atoms with Gasteiger partial charge >= 0.3 is 5.97 Å². The van der Waals surface area contributed by atoms with Crippen molar-refractivity contribution in [3.05, 3.63) is 17.0 Å². The topological polar surface area (TPSA) is 84.2 Å². The molecule has 0 aliphatic carbocycles. The fourth-order valence-electron chi connectivity index (χ4n) is 2.30. The lowest BCUT2D eigenvalue weighted by Crippen LogP contribution is -2.51. The van der Waals surface area contributed by atoms with Gasteiger partial charge in [-0.05, 0) is 26.7 Å². The van der Waals surface area contributed by atoms with Gasteiger partial charge in [-0.2, -0.15) is 5.10 Å². The van der Waals surface area contributed by atoms with E-state index in [9.17, 15) is 9.59 Å². The zero-order valence-corrected chi connectivity index (χ0v) is 13.6. The van der Waals surface area contributed by atoms with Crippen LogP contribution in [0.25, 0.3) is 0 Å².